The second-order valence-electron chi connectivity index (χ2n) is 2.69. The van der Waals surface area contributed by atoms with E-state index in [4.69, 9.17) is 5.11 Å². The topological polar surface area (TPSA) is 105 Å². The molecule has 0 aromatic rings. The summed E-state index contributed by atoms with van der Waals surface area (Å²) in [6.07, 6.45) is 0. The Labute approximate surface area is 86.8 Å². The van der Waals surface area contributed by atoms with Crippen molar-refractivity contribution in [2.45, 2.75) is 19.9 Å². The van der Waals surface area contributed by atoms with E-state index in [1.54, 1.807) is 6.92 Å². The molecule has 0 heterocycles. The first kappa shape index (κ1) is 13.2. The third-order valence-electron chi connectivity index (χ3n) is 1.42. The van der Waals surface area contributed by atoms with Gasteiger partial charge in [-0.2, -0.15) is 0 Å². The molecule has 7 nitrogen and oxygen atoms in total. The highest BCUT2D eigenvalue weighted by atomic mass is 16.5. The summed E-state index contributed by atoms with van der Waals surface area (Å²) in [5, 5.41) is 12.7. The first-order valence-electron chi connectivity index (χ1n) is 4.40. The fraction of sp³-hybridized carbons (Fsp3) is 0.625. The molecule has 2 amide bonds. The van der Waals surface area contributed by atoms with Crippen LogP contribution in [0.25, 0.3) is 0 Å². The van der Waals surface area contributed by atoms with Gasteiger partial charge < -0.3 is 20.5 Å². The number of amides is 2. The molecule has 0 radical (unpaired) electrons. The molecule has 86 valence electrons. The summed E-state index contributed by atoms with van der Waals surface area (Å²) in [7, 11) is 0. The van der Waals surface area contributed by atoms with Crippen molar-refractivity contribution in [2.75, 3.05) is 13.2 Å². The second kappa shape index (κ2) is 6.63. The number of esters is 1. The van der Waals surface area contributed by atoms with Crippen molar-refractivity contribution < 1.29 is 24.2 Å². The summed E-state index contributed by atoms with van der Waals surface area (Å²) in [5.74, 6) is -1.73. The van der Waals surface area contributed by atoms with Gasteiger partial charge in [-0.3, -0.25) is 9.59 Å². The number of carbonyl (C=O) groups excluding carboxylic acids is 2. The van der Waals surface area contributed by atoms with E-state index in [-0.39, 0.29) is 13.2 Å². The lowest BCUT2D eigenvalue weighted by Crippen LogP contribution is -2.45. The van der Waals surface area contributed by atoms with Crippen molar-refractivity contribution in [3.8, 4) is 0 Å². The fourth-order valence-electron chi connectivity index (χ4n) is 0.674. The highest BCUT2D eigenvalue weighted by Gasteiger charge is 2.14. The summed E-state index contributed by atoms with van der Waals surface area (Å²) in [5.41, 5.74) is 0. The highest BCUT2D eigenvalue weighted by molar-refractivity contribution is 5.84. The van der Waals surface area contributed by atoms with Crippen LogP contribution in [0.15, 0.2) is 0 Å². The quantitative estimate of drug-likeness (QED) is 0.530. The van der Waals surface area contributed by atoms with E-state index in [1.807, 2.05) is 0 Å². The molecule has 0 spiro atoms. The molecule has 0 unspecified atom stereocenters. The molecule has 1 atom stereocenters. The zero-order valence-electron chi connectivity index (χ0n) is 8.57. The summed E-state index contributed by atoms with van der Waals surface area (Å²) in [6, 6.07) is -1.73. The third-order valence-corrected chi connectivity index (χ3v) is 1.42. The summed E-state index contributed by atoms with van der Waals surface area (Å²) in [4.78, 5) is 32.1. The van der Waals surface area contributed by atoms with Gasteiger partial charge in [0.2, 0.25) is 0 Å². The van der Waals surface area contributed by atoms with Gasteiger partial charge in [-0.1, -0.05) is 0 Å². The van der Waals surface area contributed by atoms with Crippen molar-refractivity contribution in [1.29, 1.82) is 0 Å². The number of hydrogen-bond acceptors (Lipinski definition) is 4. The molecule has 15 heavy (non-hydrogen) atoms. The van der Waals surface area contributed by atoms with E-state index in [0.29, 0.717) is 0 Å². The van der Waals surface area contributed by atoms with E-state index in [2.05, 4.69) is 15.4 Å². The van der Waals surface area contributed by atoms with E-state index in [1.165, 1.54) is 6.92 Å². The lowest BCUT2D eigenvalue weighted by Gasteiger charge is -2.09. The Bertz CT molecular complexity index is 253. The molecule has 0 saturated carbocycles. The average Bonchev–Trinajstić information content (AvgIpc) is 2.15. The van der Waals surface area contributed by atoms with Gasteiger partial charge in [0.05, 0.1) is 6.61 Å². The molecule has 7 heteroatoms. The monoisotopic (exact) mass is 218 g/mol. The molecular weight excluding hydrogens is 204 g/mol. The number of ether oxygens (including phenoxy) is 1. The average molecular weight is 218 g/mol. The number of urea groups is 1. The maximum absolute atomic E-state index is 11.0. The SMILES string of the molecule is CCOC(=O)CNC(=O)N[C@H](C)C(=O)O. The van der Waals surface area contributed by atoms with Crippen LogP contribution in [0, 0.1) is 0 Å². The second-order valence-corrected chi connectivity index (χ2v) is 2.69. The number of carbonyl (C=O) groups is 3. The molecule has 0 bridgehead atoms. The molecule has 0 fully saturated rings. The van der Waals surface area contributed by atoms with Crippen LogP contribution in [0.5, 0.6) is 0 Å². The number of nitrogens with one attached hydrogen (secondary N) is 2. The predicted octanol–water partition coefficient (Wildman–Crippen LogP) is -0.678. The van der Waals surface area contributed by atoms with Crippen LogP contribution in [0.2, 0.25) is 0 Å². The fourth-order valence-corrected chi connectivity index (χ4v) is 0.674. The van der Waals surface area contributed by atoms with Crippen LogP contribution in [0.3, 0.4) is 0 Å². The lowest BCUT2D eigenvalue weighted by molar-refractivity contribution is -0.141. The van der Waals surface area contributed by atoms with Crippen LogP contribution in [0.4, 0.5) is 4.79 Å². The predicted molar refractivity (Wildman–Crippen MR) is 50.3 cm³/mol. The van der Waals surface area contributed by atoms with E-state index < -0.39 is 24.0 Å². The minimum atomic E-state index is -1.15. The van der Waals surface area contributed by atoms with Crippen LogP contribution >= 0.6 is 0 Å². The largest absolute Gasteiger partial charge is 0.480 e. The maximum Gasteiger partial charge on any atom is 0.325 e. The standard InChI is InChI=1S/C8H14N2O5/c1-3-15-6(11)4-9-8(14)10-5(2)7(12)13/h5H,3-4H2,1-2H3,(H,12,13)(H2,9,10,14)/t5-/m1/s1. The minimum absolute atomic E-state index is 0.230. The van der Waals surface area contributed by atoms with Crippen LogP contribution < -0.4 is 10.6 Å². The molecule has 0 rings (SSSR count). The minimum Gasteiger partial charge on any atom is -0.480 e. The van der Waals surface area contributed by atoms with E-state index in [0.717, 1.165) is 0 Å². The molecule has 0 aromatic carbocycles. The molecule has 0 aliphatic carbocycles. The zero-order chi connectivity index (χ0) is 11.8. The van der Waals surface area contributed by atoms with Crippen LogP contribution in [-0.2, 0) is 14.3 Å². The number of rotatable bonds is 5. The molecule has 0 aliphatic heterocycles. The van der Waals surface area contributed by atoms with Crippen LogP contribution in [0.1, 0.15) is 13.8 Å². The Balaban J connectivity index is 3.75. The van der Waals surface area contributed by atoms with Gasteiger partial charge in [0, 0.05) is 0 Å². The van der Waals surface area contributed by atoms with Crippen molar-refractivity contribution in [2.24, 2.45) is 0 Å². The number of aliphatic carboxylic acids is 1. The first-order chi connectivity index (χ1) is 6.97. The molecule has 0 aliphatic rings. The maximum atomic E-state index is 11.0. The number of hydrogen-bond donors (Lipinski definition) is 3. The lowest BCUT2D eigenvalue weighted by atomic mass is 10.3. The normalized spacial score (nSPS) is 11.3. The smallest absolute Gasteiger partial charge is 0.325 e. The molecule has 3 N–H and O–H groups in total. The van der Waals surface area contributed by atoms with Crippen molar-refractivity contribution in [1.82, 2.24) is 10.6 Å². The summed E-state index contributed by atoms with van der Waals surface area (Å²) >= 11 is 0. The van der Waals surface area contributed by atoms with Gasteiger partial charge in [0.25, 0.3) is 0 Å². The summed E-state index contributed by atoms with van der Waals surface area (Å²) in [6.45, 7) is 2.90. The third kappa shape index (κ3) is 6.30. The van der Waals surface area contributed by atoms with Crippen molar-refractivity contribution >= 4 is 18.0 Å². The Hall–Kier alpha value is -1.79. The molecular formula is C8H14N2O5. The molecule has 0 saturated heterocycles. The van der Waals surface area contributed by atoms with Crippen molar-refractivity contribution in [3.63, 3.8) is 0 Å². The van der Waals surface area contributed by atoms with Gasteiger partial charge in [0.15, 0.2) is 0 Å². The van der Waals surface area contributed by atoms with E-state index in [9.17, 15) is 14.4 Å². The Kier molecular flexibility index (Phi) is 5.84. The van der Waals surface area contributed by atoms with Crippen molar-refractivity contribution in [3.05, 3.63) is 0 Å². The highest BCUT2D eigenvalue weighted by Crippen LogP contribution is 1.81. The Morgan fingerprint density at radius 1 is 1.40 bits per heavy atom. The number of carboxylic acid groups (broad SMARTS) is 1. The zero-order valence-corrected chi connectivity index (χ0v) is 8.57. The van der Waals surface area contributed by atoms with Gasteiger partial charge >= 0.3 is 18.0 Å². The van der Waals surface area contributed by atoms with Gasteiger partial charge in [-0.15, -0.1) is 0 Å². The van der Waals surface area contributed by atoms with E-state index >= 15 is 0 Å². The first-order valence-corrected chi connectivity index (χ1v) is 4.40. The van der Waals surface area contributed by atoms with Gasteiger partial charge in [0.1, 0.15) is 12.6 Å². The van der Waals surface area contributed by atoms with Gasteiger partial charge in [-0.25, -0.2) is 4.79 Å². The Morgan fingerprint density at radius 3 is 2.47 bits per heavy atom. The summed E-state index contributed by atoms with van der Waals surface area (Å²) < 4.78 is 4.55. The Morgan fingerprint density at radius 2 is 2.00 bits per heavy atom. The van der Waals surface area contributed by atoms with Crippen LogP contribution in [-0.4, -0.2) is 42.3 Å². The number of carboxylic acids is 1. The molecule has 0 aromatic heterocycles. The van der Waals surface area contributed by atoms with Gasteiger partial charge in [-0.05, 0) is 13.8 Å².